The van der Waals surface area contributed by atoms with Crippen molar-refractivity contribution < 1.29 is 23.1 Å². The zero-order valence-electron chi connectivity index (χ0n) is 21.2. The zero-order chi connectivity index (χ0) is 25.8. The molecule has 1 atom stereocenters. The Morgan fingerprint density at radius 1 is 1.08 bits per heavy atom. The number of hydrogen-bond donors (Lipinski definition) is 1. The predicted octanol–water partition coefficient (Wildman–Crippen LogP) is 5.51. The van der Waals surface area contributed by atoms with Crippen LogP contribution in [0.1, 0.15) is 66.7 Å². The Hall–Kier alpha value is -3.61. The zero-order valence-corrected chi connectivity index (χ0v) is 21.2. The third-order valence-corrected chi connectivity index (χ3v) is 6.25. The molecule has 1 aromatic heterocycles. The molecule has 36 heavy (non-hydrogen) atoms. The van der Waals surface area contributed by atoms with Gasteiger partial charge in [0.25, 0.3) is 5.91 Å². The van der Waals surface area contributed by atoms with Crippen LogP contribution >= 0.6 is 0 Å². The summed E-state index contributed by atoms with van der Waals surface area (Å²) in [4.78, 5) is 27.2. The summed E-state index contributed by atoms with van der Waals surface area (Å²) in [5.41, 5.74) is 2.95. The average molecular weight is 493 g/mol. The third-order valence-electron chi connectivity index (χ3n) is 6.25. The van der Waals surface area contributed by atoms with Gasteiger partial charge in [-0.3, -0.25) is 9.59 Å². The van der Waals surface area contributed by atoms with Gasteiger partial charge in [-0.1, -0.05) is 45.9 Å². The van der Waals surface area contributed by atoms with E-state index < -0.39 is 0 Å². The van der Waals surface area contributed by atoms with E-state index in [1.807, 2.05) is 50.8 Å². The van der Waals surface area contributed by atoms with Gasteiger partial charge in [0.05, 0.1) is 6.04 Å². The van der Waals surface area contributed by atoms with Gasteiger partial charge in [-0.15, -0.1) is 0 Å². The molecule has 1 aliphatic rings. The van der Waals surface area contributed by atoms with Crippen LogP contribution in [-0.2, 0) is 17.8 Å². The fourth-order valence-electron chi connectivity index (χ4n) is 4.37. The van der Waals surface area contributed by atoms with Crippen molar-refractivity contribution in [2.75, 3.05) is 13.1 Å². The number of fused-ring (bicyclic) bond motifs is 1. The first-order valence-corrected chi connectivity index (χ1v) is 12.4. The number of benzene rings is 2. The topological polar surface area (TPSA) is 71.8 Å². The molecule has 7 heteroatoms. The van der Waals surface area contributed by atoms with Crippen LogP contribution in [0.4, 0.5) is 4.39 Å². The molecule has 1 N–H and O–H groups in total. The SMILES string of the molecule is CC(C)CNC(=O)c1ccc(COc2ccc3c(c2)[C@H](c2ccc(F)cc2)N(C(=O)C(C)C)CC3)o1. The first-order valence-electron chi connectivity index (χ1n) is 12.4. The third kappa shape index (κ3) is 5.78. The van der Waals surface area contributed by atoms with E-state index in [2.05, 4.69) is 5.32 Å². The first-order chi connectivity index (χ1) is 17.2. The molecule has 0 fully saturated rings. The summed E-state index contributed by atoms with van der Waals surface area (Å²) in [6.07, 6.45) is 0.735. The minimum absolute atomic E-state index is 0.0557. The van der Waals surface area contributed by atoms with E-state index in [-0.39, 0.29) is 42.0 Å². The van der Waals surface area contributed by atoms with E-state index in [4.69, 9.17) is 9.15 Å². The minimum atomic E-state index is -0.326. The summed E-state index contributed by atoms with van der Waals surface area (Å²) in [5, 5.41) is 2.84. The van der Waals surface area contributed by atoms with Crippen molar-refractivity contribution in [1.82, 2.24) is 10.2 Å². The Morgan fingerprint density at radius 3 is 2.53 bits per heavy atom. The number of carbonyl (C=O) groups excluding carboxylic acids is 2. The molecule has 2 amide bonds. The van der Waals surface area contributed by atoms with Crippen LogP contribution in [0.25, 0.3) is 0 Å². The Kier molecular flexibility index (Phi) is 7.77. The van der Waals surface area contributed by atoms with Crippen LogP contribution in [0.15, 0.2) is 59.0 Å². The smallest absolute Gasteiger partial charge is 0.287 e. The average Bonchev–Trinajstić information content (AvgIpc) is 3.34. The van der Waals surface area contributed by atoms with Gasteiger partial charge in [-0.05, 0) is 65.4 Å². The molecule has 0 saturated heterocycles. The highest BCUT2D eigenvalue weighted by Gasteiger charge is 2.33. The van der Waals surface area contributed by atoms with Crippen molar-refractivity contribution >= 4 is 11.8 Å². The summed E-state index contributed by atoms with van der Waals surface area (Å²) in [6.45, 7) is 9.16. The van der Waals surface area contributed by atoms with Gasteiger partial charge in [0.2, 0.25) is 5.91 Å². The predicted molar refractivity (Wildman–Crippen MR) is 135 cm³/mol. The van der Waals surface area contributed by atoms with Gasteiger partial charge in [-0.25, -0.2) is 4.39 Å². The fourth-order valence-corrected chi connectivity index (χ4v) is 4.37. The number of halogens is 1. The lowest BCUT2D eigenvalue weighted by Crippen LogP contribution is -2.42. The fraction of sp³-hybridized carbons (Fsp3) is 0.379. The molecular formula is C29H33FN2O4. The highest BCUT2D eigenvalue weighted by atomic mass is 19.1. The normalized spacial score (nSPS) is 15.2. The number of amides is 2. The number of carbonyl (C=O) groups is 2. The maximum Gasteiger partial charge on any atom is 0.287 e. The monoisotopic (exact) mass is 492 g/mol. The lowest BCUT2D eigenvalue weighted by atomic mass is 9.87. The van der Waals surface area contributed by atoms with Crippen LogP contribution in [0, 0.1) is 17.7 Å². The van der Waals surface area contributed by atoms with Crippen molar-refractivity contribution in [2.24, 2.45) is 11.8 Å². The van der Waals surface area contributed by atoms with E-state index >= 15 is 0 Å². The van der Waals surface area contributed by atoms with Gasteiger partial charge in [0.1, 0.15) is 23.9 Å². The molecule has 0 unspecified atom stereocenters. The Bertz CT molecular complexity index is 1220. The number of nitrogens with one attached hydrogen (secondary N) is 1. The van der Waals surface area contributed by atoms with Gasteiger partial charge in [0.15, 0.2) is 5.76 Å². The maximum absolute atomic E-state index is 13.7. The van der Waals surface area contributed by atoms with Gasteiger partial charge in [-0.2, -0.15) is 0 Å². The Labute approximate surface area is 211 Å². The summed E-state index contributed by atoms with van der Waals surface area (Å²) >= 11 is 0. The summed E-state index contributed by atoms with van der Waals surface area (Å²) in [6, 6.07) is 15.2. The number of furan rings is 1. The Balaban J connectivity index is 1.55. The molecule has 0 spiro atoms. The van der Waals surface area contributed by atoms with E-state index in [9.17, 15) is 14.0 Å². The van der Waals surface area contributed by atoms with Crippen LogP contribution in [-0.4, -0.2) is 29.8 Å². The van der Waals surface area contributed by atoms with Crippen molar-refractivity contribution in [3.8, 4) is 5.75 Å². The molecule has 3 aromatic rings. The van der Waals surface area contributed by atoms with Crippen molar-refractivity contribution in [3.05, 3.63) is 88.6 Å². The highest BCUT2D eigenvalue weighted by molar-refractivity contribution is 5.91. The van der Waals surface area contributed by atoms with Crippen LogP contribution in [0.3, 0.4) is 0 Å². The van der Waals surface area contributed by atoms with Gasteiger partial charge >= 0.3 is 0 Å². The highest BCUT2D eigenvalue weighted by Crippen LogP contribution is 2.38. The van der Waals surface area contributed by atoms with E-state index in [1.54, 1.807) is 24.3 Å². The van der Waals surface area contributed by atoms with E-state index in [0.717, 1.165) is 23.1 Å². The molecule has 2 heterocycles. The summed E-state index contributed by atoms with van der Waals surface area (Å²) in [7, 11) is 0. The molecule has 4 rings (SSSR count). The second-order valence-electron chi connectivity index (χ2n) is 9.91. The number of ether oxygens (including phenoxy) is 1. The summed E-state index contributed by atoms with van der Waals surface area (Å²) < 4.78 is 25.3. The number of nitrogens with zero attached hydrogens (tertiary/aromatic N) is 1. The molecule has 0 saturated carbocycles. The van der Waals surface area contributed by atoms with E-state index in [0.29, 0.717) is 30.5 Å². The second kappa shape index (κ2) is 11.0. The lowest BCUT2D eigenvalue weighted by Gasteiger charge is -2.39. The van der Waals surface area contributed by atoms with Crippen LogP contribution in [0.2, 0.25) is 0 Å². The largest absolute Gasteiger partial charge is 0.486 e. The maximum atomic E-state index is 13.7. The lowest BCUT2D eigenvalue weighted by molar-refractivity contribution is -0.136. The van der Waals surface area contributed by atoms with Crippen molar-refractivity contribution in [2.45, 2.75) is 46.8 Å². The van der Waals surface area contributed by atoms with Crippen molar-refractivity contribution in [3.63, 3.8) is 0 Å². The van der Waals surface area contributed by atoms with Gasteiger partial charge in [0, 0.05) is 19.0 Å². The quantitative estimate of drug-likeness (QED) is 0.450. The number of hydrogen-bond acceptors (Lipinski definition) is 4. The molecule has 0 bridgehead atoms. The van der Waals surface area contributed by atoms with Crippen LogP contribution in [0.5, 0.6) is 5.75 Å². The Morgan fingerprint density at radius 2 is 1.83 bits per heavy atom. The standard InChI is InChI=1S/C29H33FN2O4/c1-18(2)16-31-28(33)26-12-11-24(36-26)17-35-23-10-7-20-13-14-32(29(34)19(3)4)27(25(20)15-23)21-5-8-22(30)9-6-21/h5-12,15,18-19,27H,13-14,16-17H2,1-4H3,(H,31,33)/t27-/m0/s1. The van der Waals surface area contributed by atoms with E-state index in [1.165, 1.54) is 12.1 Å². The molecule has 0 radical (unpaired) electrons. The molecule has 1 aliphatic heterocycles. The number of rotatable bonds is 8. The summed E-state index contributed by atoms with van der Waals surface area (Å²) in [5.74, 6) is 1.10. The first kappa shape index (κ1) is 25.5. The van der Waals surface area contributed by atoms with Gasteiger partial charge < -0.3 is 19.4 Å². The molecule has 6 nitrogen and oxygen atoms in total. The molecule has 190 valence electrons. The van der Waals surface area contributed by atoms with Crippen molar-refractivity contribution in [1.29, 1.82) is 0 Å². The molecule has 2 aromatic carbocycles. The minimum Gasteiger partial charge on any atom is -0.486 e. The van der Waals surface area contributed by atoms with Crippen LogP contribution < -0.4 is 10.1 Å². The second-order valence-corrected chi connectivity index (χ2v) is 9.91. The molecular weight excluding hydrogens is 459 g/mol. The molecule has 0 aliphatic carbocycles.